The zero-order chi connectivity index (χ0) is 17.9. The van der Waals surface area contributed by atoms with Crippen LogP contribution < -0.4 is 5.32 Å². The number of ether oxygens (including phenoxy) is 1. The monoisotopic (exact) mass is 324 g/mol. The highest BCUT2D eigenvalue weighted by Gasteiger charge is 2.48. The second-order valence-corrected chi connectivity index (χ2v) is 7.31. The lowest BCUT2D eigenvalue weighted by Gasteiger charge is -2.43. The number of allylic oxidation sites excluding steroid dienone is 1. The molecule has 0 aliphatic carbocycles. The first-order valence-electron chi connectivity index (χ1n) is 8.41. The second kappa shape index (κ2) is 7.37. The molecule has 0 radical (unpaired) electrons. The van der Waals surface area contributed by atoms with E-state index in [1.54, 1.807) is 0 Å². The number of nitrogens with zero attached hydrogens (tertiary/aromatic N) is 1. The Morgan fingerprint density at radius 1 is 1.26 bits per heavy atom. The second-order valence-electron chi connectivity index (χ2n) is 7.31. The summed E-state index contributed by atoms with van der Waals surface area (Å²) in [5.41, 5.74) is 1.39. The number of hydrogen-bond donors (Lipinski definition) is 1. The molecule has 23 heavy (non-hydrogen) atoms. The molecule has 5 heteroatoms. The van der Waals surface area contributed by atoms with Crippen molar-refractivity contribution in [2.75, 3.05) is 13.7 Å². The summed E-state index contributed by atoms with van der Waals surface area (Å²) in [5.74, 6) is 0.503. The van der Waals surface area contributed by atoms with Gasteiger partial charge in [0, 0.05) is 17.8 Å². The summed E-state index contributed by atoms with van der Waals surface area (Å²) in [7, 11) is 1.32. The van der Waals surface area contributed by atoms with Gasteiger partial charge in [-0.1, -0.05) is 26.3 Å². The lowest BCUT2D eigenvalue weighted by atomic mass is 9.78. The molecule has 2 unspecified atom stereocenters. The zero-order valence-corrected chi connectivity index (χ0v) is 15.8. The summed E-state index contributed by atoms with van der Waals surface area (Å²) in [6.45, 7) is 15.1. The molecule has 1 fully saturated rings. The summed E-state index contributed by atoms with van der Waals surface area (Å²) in [6.07, 6.45) is 0.476. The lowest BCUT2D eigenvalue weighted by molar-refractivity contribution is -0.140. The average Bonchev–Trinajstić information content (AvgIpc) is 2.79. The Morgan fingerprint density at radius 3 is 2.26 bits per heavy atom. The normalized spacial score (nSPS) is 25.3. The number of likely N-dealkylation sites (tertiary alicyclic amines) is 1. The Labute approximate surface area is 140 Å². The van der Waals surface area contributed by atoms with Crippen LogP contribution in [0.15, 0.2) is 11.3 Å². The van der Waals surface area contributed by atoms with Gasteiger partial charge in [-0.3, -0.25) is 10.1 Å². The van der Waals surface area contributed by atoms with E-state index in [2.05, 4.69) is 37.7 Å². The molecule has 2 amide bonds. The van der Waals surface area contributed by atoms with Crippen LogP contribution in [0.2, 0.25) is 0 Å². The van der Waals surface area contributed by atoms with Crippen LogP contribution in [-0.2, 0) is 9.53 Å². The van der Waals surface area contributed by atoms with E-state index in [1.165, 1.54) is 7.11 Å². The predicted molar refractivity (Wildman–Crippen MR) is 91.8 cm³/mol. The summed E-state index contributed by atoms with van der Waals surface area (Å²) < 4.78 is 4.67. The highest BCUT2D eigenvalue weighted by atomic mass is 16.5. The molecule has 132 valence electrons. The molecule has 1 heterocycles. The van der Waals surface area contributed by atoms with Crippen molar-refractivity contribution in [1.29, 1.82) is 0 Å². The molecular weight excluding hydrogens is 292 g/mol. The van der Waals surface area contributed by atoms with Crippen molar-refractivity contribution in [3.05, 3.63) is 11.3 Å². The van der Waals surface area contributed by atoms with E-state index in [9.17, 15) is 9.59 Å². The Balaban J connectivity index is 3.07. The van der Waals surface area contributed by atoms with Gasteiger partial charge in [0.05, 0.1) is 13.0 Å². The van der Waals surface area contributed by atoms with Gasteiger partial charge in [0.2, 0.25) is 5.91 Å². The third kappa shape index (κ3) is 3.70. The van der Waals surface area contributed by atoms with Crippen LogP contribution in [0.3, 0.4) is 0 Å². The van der Waals surface area contributed by atoms with Gasteiger partial charge in [0.25, 0.3) is 0 Å². The SMILES string of the molecule is COC(=O)NC(=C(C)C)C(C)C(=O)N1CCC(C)[C@@]1(C)C(C)C. The fraction of sp³-hybridized carbons (Fsp3) is 0.778. The van der Waals surface area contributed by atoms with Crippen molar-refractivity contribution in [1.82, 2.24) is 10.2 Å². The van der Waals surface area contributed by atoms with Crippen molar-refractivity contribution in [3.63, 3.8) is 0 Å². The number of hydrogen-bond acceptors (Lipinski definition) is 3. The molecule has 5 nitrogen and oxygen atoms in total. The van der Waals surface area contributed by atoms with E-state index in [0.717, 1.165) is 18.5 Å². The first-order chi connectivity index (χ1) is 10.6. The third-order valence-corrected chi connectivity index (χ3v) is 5.56. The van der Waals surface area contributed by atoms with Crippen LogP contribution in [0.25, 0.3) is 0 Å². The van der Waals surface area contributed by atoms with Gasteiger partial charge in [-0.25, -0.2) is 4.79 Å². The predicted octanol–water partition coefficient (Wildman–Crippen LogP) is 3.56. The molecule has 0 spiro atoms. The van der Waals surface area contributed by atoms with Crippen LogP contribution in [-0.4, -0.2) is 36.1 Å². The summed E-state index contributed by atoms with van der Waals surface area (Å²) >= 11 is 0. The zero-order valence-electron chi connectivity index (χ0n) is 15.8. The fourth-order valence-electron chi connectivity index (χ4n) is 3.53. The minimum atomic E-state index is -0.540. The van der Waals surface area contributed by atoms with Gasteiger partial charge in [0.15, 0.2) is 0 Å². The fourth-order valence-corrected chi connectivity index (χ4v) is 3.53. The molecule has 1 aliphatic heterocycles. The maximum absolute atomic E-state index is 13.1. The van der Waals surface area contributed by atoms with Crippen LogP contribution in [0.1, 0.15) is 54.9 Å². The molecule has 1 saturated heterocycles. The molecule has 3 atom stereocenters. The minimum absolute atomic E-state index is 0.0677. The van der Waals surface area contributed by atoms with Crippen molar-refractivity contribution in [2.24, 2.45) is 17.8 Å². The maximum Gasteiger partial charge on any atom is 0.411 e. The molecule has 1 aliphatic rings. The molecule has 1 rings (SSSR count). The van der Waals surface area contributed by atoms with E-state index in [-0.39, 0.29) is 11.4 Å². The Bertz CT molecular complexity index is 494. The van der Waals surface area contributed by atoms with Crippen LogP contribution in [0, 0.1) is 17.8 Å². The number of carbonyl (C=O) groups is 2. The van der Waals surface area contributed by atoms with Crippen molar-refractivity contribution >= 4 is 12.0 Å². The topological polar surface area (TPSA) is 58.6 Å². The van der Waals surface area contributed by atoms with E-state index < -0.39 is 12.0 Å². The van der Waals surface area contributed by atoms with Gasteiger partial charge < -0.3 is 9.64 Å². The quantitative estimate of drug-likeness (QED) is 0.860. The highest BCUT2D eigenvalue weighted by Crippen LogP contribution is 2.41. The van der Waals surface area contributed by atoms with Crippen LogP contribution >= 0.6 is 0 Å². The van der Waals surface area contributed by atoms with E-state index in [1.807, 2.05) is 25.7 Å². The van der Waals surface area contributed by atoms with Crippen molar-refractivity contribution in [3.8, 4) is 0 Å². The maximum atomic E-state index is 13.1. The van der Waals surface area contributed by atoms with Crippen molar-refractivity contribution in [2.45, 2.75) is 60.4 Å². The van der Waals surface area contributed by atoms with Crippen molar-refractivity contribution < 1.29 is 14.3 Å². The van der Waals surface area contributed by atoms with Gasteiger partial charge in [-0.15, -0.1) is 0 Å². The largest absolute Gasteiger partial charge is 0.453 e. The number of nitrogens with one attached hydrogen (secondary N) is 1. The Morgan fingerprint density at radius 2 is 1.83 bits per heavy atom. The summed E-state index contributed by atoms with van der Waals surface area (Å²) in [4.78, 5) is 26.7. The van der Waals surface area contributed by atoms with E-state index >= 15 is 0 Å². The van der Waals surface area contributed by atoms with Gasteiger partial charge in [-0.05, 0) is 46.0 Å². The van der Waals surface area contributed by atoms with Crippen LogP contribution in [0.4, 0.5) is 4.79 Å². The average molecular weight is 324 g/mol. The molecule has 0 aromatic heterocycles. The Kier molecular flexibility index (Phi) is 6.25. The molecule has 0 saturated carbocycles. The molecule has 0 bridgehead atoms. The first-order valence-corrected chi connectivity index (χ1v) is 8.41. The molecule has 0 aromatic rings. The number of methoxy groups -OCH3 is 1. The third-order valence-electron chi connectivity index (χ3n) is 5.56. The minimum Gasteiger partial charge on any atom is -0.453 e. The standard InChI is InChI=1S/C18H32N2O3/c1-11(2)15(19-17(22)23-8)14(6)16(21)20-10-9-13(5)18(20,7)12(3)4/h12-14H,9-10H2,1-8H3,(H,19,22)/t13?,14?,18-/m1/s1. The lowest BCUT2D eigenvalue weighted by Crippen LogP contribution is -2.53. The molecule has 0 aromatic carbocycles. The van der Waals surface area contributed by atoms with Gasteiger partial charge >= 0.3 is 6.09 Å². The van der Waals surface area contributed by atoms with E-state index in [0.29, 0.717) is 17.5 Å². The van der Waals surface area contributed by atoms with Gasteiger partial charge in [0.1, 0.15) is 0 Å². The van der Waals surface area contributed by atoms with E-state index in [4.69, 9.17) is 0 Å². The van der Waals surface area contributed by atoms with Crippen LogP contribution in [0.5, 0.6) is 0 Å². The number of alkyl carbamates (subject to hydrolysis) is 1. The Hall–Kier alpha value is -1.52. The smallest absolute Gasteiger partial charge is 0.411 e. The first kappa shape index (κ1) is 19.5. The highest BCUT2D eigenvalue weighted by molar-refractivity contribution is 5.84. The number of carbonyl (C=O) groups excluding carboxylic acids is 2. The summed E-state index contributed by atoms with van der Waals surface area (Å²) in [5, 5.41) is 2.71. The summed E-state index contributed by atoms with van der Waals surface area (Å²) in [6, 6.07) is 0. The van der Waals surface area contributed by atoms with Gasteiger partial charge in [-0.2, -0.15) is 0 Å². The molecular formula is C18H32N2O3. The number of amides is 2. The number of rotatable bonds is 4. The molecule has 1 N–H and O–H groups in total.